The molecule has 1 atom stereocenters. The first-order valence-electron chi connectivity index (χ1n) is 10.2. The molecule has 6 nitrogen and oxygen atoms in total. The highest BCUT2D eigenvalue weighted by atomic mass is 35.5. The van der Waals surface area contributed by atoms with Crippen LogP contribution >= 0.6 is 11.6 Å². The van der Waals surface area contributed by atoms with Gasteiger partial charge in [-0.3, -0.25) is 9.69 Å². The average Bonchev–Trinajstić information content (AvgIpc) is 3.19. The SMILES string of the molecule is Cc1ccc(NC(=O)C2CCCN(Cc3nc(-c4ccccc4Cl)no3)C2)c(C)c1. The lowest BCUT2D eigenvalue weighted by atomic mass is 9.96. The van der Waals surface area contributed by atoms with Crippen LogP contribution in [0.25, 0.3) is 11.4 Å². The molecule has 156 valence electrons. The second-order valence-electron chi connectivity index (χ2n) is 7.87. The Bertz CT molecular complexity index is 1050. The number of nitrogens with one attached hydrogen (secondary N) is 1. The third-order valence-corrected chi connectivity index (χ3v) is 5.79. The number of halogens is 1. The summed E-state index contributed by atoms with van der Waals surface area (Å²) in [5, 5.41) is 7.74. The number of aryl methyl sites for hydroxylation is 2. The zero-order valence-corrected chi connectivity index (χ0v) is 17.9. The number of likely N-dealkylation sites (tertiary alicyclic amines) is 1. The monoisotopic (exact) mass is 424 g/mol. The fourth-order valence-electron chi connectivity index (χ4n) is 3.86. The maximum absolute atomic E-state index is 12.8. The standard InChI is InChI=1S/C23H25ClN4O2/c1-15-9-10-20(16(2)12-15)25-23(29)17-6-5-11-28(13-17)14-21-26-22(27-30-21)18-7-3-4-8-19(18)24/h3-4,7-10,12,17H,5-6,11,13-14H2,1-2H3,(H,25,29). The van der Waals surface area contributed by atoms with Crippen LogP contribution in [-0.4, -0.2) is 34.0 Å². The summed E-state index contributed by atoms with van der Waals surface area (Å²) in [6.07, 6.45) is 1.83. The zero-order valence-electron chi connectivity index (χ0n) is 17.2. The summed E-state index contributed by atoms with van der Waals surface area (Å²) in [6, 6.07) is 13.5. The number of anilines is 1. The number of benzene rings is 2. The van der Waals surface area contributed by atoms with Gasteiger partial charge in [0.15, 0.2) is 0 Å². The molecule has 1 saturated heterocycles. The Balaban J connectivity index is 1.38. The summed E-state index contributed by atoms with van der Waals surface area (Å²) >= 11 is 6.22. The summed E-state index contributed by atoms with van der Waals surface area (Å²) in [6.45, 7) is 6.15. The minimum Gasteiger partial charge on any atom is -0.338 e. The van der Waals surface area contributed by atoms with Gasteiger partial charge in [-0.15, -0.1) is 0 Å². The number of carbonyl (C=O) groups is 1. The minimum absolute atomic E-state index is 0.0638. The quantitative estimate of drug-likeness (QED) is 0.633. The Morgan fingerprint density at radius 3 is 2.90 bits per heavy atom. The number of rotatable bonds is 5. The van der Waals surface area contributed by atoms with Crippen LogP contribution in [0, 0.1) is 19.8 Å². The first kappa shape index (κ1) is 20.6. The van der Waals surface area contributed by atoms with E-state index < -0.39 is 0 Å². The van der Waals surface area contributed by atoms with E-state index in [4.69, 9.17) is 16.1 Å². The van der Waals surface area contributed by atoms with E-state index in [1.54, 1.807) is 6.07 Å². The van der Waals surface area contributed by atoms with Gasteiger partial charge >= 0.3 is 0 Å². The Labute approximate surface area is 181 Å². The van der Waals surface area contributed by atoms with Gasteiger partial charge in [0.05, 0.1) is 17.5 Å². The summed E-state index contributed by atoms with van der Waals surface area (Å²) in [4.78, 5) is 19.5. The van der Waals surface area contributed by atoms with Crippen molar-refractivity contribution in [2.75, 3.05) is 18.4 Å². The van der Waals surface area contributed by atoms with E-state index in [0.717, 1.165) is 36.2 Å². The summed E-state index contributed by atoms with van der Waals surface area (Å²) in [5.74, 6) is 1.01. The molecule has 0 aliphatic carbocycles. The number of hydrogen-bond acceptors (Lipinski definition) is 5. The van der Waals surface area contributed by atoms with Gasteiger partial charge in [-0.1, -0.05) is 46.6 Å². The molecule has 2 aromatic carbocycles. The molecular formula is C23H25ClN4O2. The van der Waals surface area contributed by atoms with Crippen molar-refractivity contribution in [1.82, 2.24) is 15.0 Å². The first-order valence-corrected chi connectivity index (χ1v) is 10.6. The molecule has 1 aliphatic rings. The Morgan fingerprint density at radius 2 is 2.10 bits per heavy atom. The largest absolute Gasteiger partial charge is 0.338 e. The van der Waals surface area contributed by atoms with Crippen LogP contribution in [0.5, 0.6) is 0 Å². The Hall–Kier alpha value is -2.70. The fraction of sp³-hybridized carbons (Fsp3) is 0.348. The lowest BCUT2D eigenvalue weighted by Gasteiger charge is -2.31. The van der Waals surface area contributed by atoms with Gasteiger partial charge in [-0.2, -0.15) is 4.98 Å². The van der Waals surface area contributed by atoms with E-state index in [-0.39, 0.29) is 11.8 Å². The average molecular weight is 425 g/mol. The summed E-state index contributed by atoms with van der Waals surface area (Å²) in [7, 11) is 0. The molecule has 1 unspecified atom stereocenters. The highest BCUT2D eigenvalue weighted by Gasteiger charge is 2.27. The highest BCUT2D eigenvalue weighted by Crippen LogP contribution is 2.26. The van der Waals surface area contributed by atoms with Crippen LogP contribution in [0.4, 0.5) is 5.69 Å². The van der Waals surface area contributed by atoms with Crippen molar-refractivity contribution in [2.24, 2.45) is 5.92 Å². The Kier molecular flexibility index (Phi) is 6.16. The van der Waals surface area contributed by atoms with Crippen molar-refractivity contribution < 1.29 is 9.32 Å². The van der Waals surface area contributed by atoms with Crippen molar-refractivity contribution in [2.45, 2.75) is 33.2 Å². The maximum Gasteiger partial charge on any atom is 0.241 e. The molecule has 1 N–H and O–H groups in total. The predicted molar refractivity (Wildman–Crippen MR) is 117 cm³/mol. The predicted octanol–water partition coefficient (Wildman–Crippen LogP) is 4.86. The van der Waals surface area contributed by atoms with Crippen LogP contribution in [0.15, 0.2) is 47.0 Å². The van der Waals surface area contributed by atoms with Crippen molar-refractivity contribution in [3.8, 4) is 11.4 Å². The summed E-state index contributed by atoms with van der Waals surface area (Å²) < 4.78 is 5.43. The topological polar surface area (TPSA) is 71.3 Å². The molecule has 0 bridgehead atoms. The van der Waals surface area contributed by atoms with E-state index in [9.17, 15) is 4.79 Å². The zero-order chi connectivity index (χ0) is 21.1. The van der Waals surface area contributed by atoms with E-state index >= 15 is 0 Å². The van der Waals surface area contributed by atoms with Crippen molar-refractivity contribution in [1.29, 1.82) is 0 Å². The van der Waals surface area contributed by atoms with E-state index in [0.29, 0.717) is 29.8 Å². The molecule has 3 aromatic rings. The molecule has 2 heterocycles. The molecule has 0 radical (unpaired) electrons. The molecule has 1 aliphatic heterocycles. The fourth-order valence-corrected chi connectivity index (χ4v) is 4.08. The summed E-state index contributed by atoms with van der Waals surface area (Å²) in [5.41, 5.74) is 3.89. The smallest absolute Gasteiger partial charge is 0.241 e. The molecule has 0 spiro atoms. The second-order valence-corrected chi connectivity index (χ2v) is 8.28. The number of carbonyl (C=O) groups excluding carboxylic acids is 1. The number of amides is 1. The first-order chi connectivity index (χ1) is 14.5. The van der Waals surface area contributed by atoms with Crippen LogP contribution in [0.3, 0.4) is 0 Å². The van der Waals surface area contributed by atoms with Gasteiger partial charge in [0.2, 0.25) is 17.6 Å². The number of aromatic nitrogens is 2. The molecule has 4 rings (SSSR count). The number of piperidine rings is 1. The van der Waals surface area contributed by atoms with E-state index in [1.807, 2.05) is 44.2 Å². The van der Waals surface area contributed by atoms with Crippen molar-refractivity contribution in [3.63, 3.8) is 0 Å². The number of nitrogens with zero attached hydrogens (tertiary/aromatic N) is 3. The third kappa shape index (κ3) is 4.71. The highest BCUT2D eigenvalue weighted by molar-refractivity contribution is 6.33. The molecule has 1 aromatic heterocycles. The molecule has 1 amide bonds. The van der Waals surface area contributed by atoms with Gasteiger partial charge in [0.1, 0.15) is 0 Å². The van der Waals surface area contributed by atoms with Gasteiger partial charge in [-0.05, 0) is 57.0 Å². The molecule has 30 heavy (non-hydrogen) atoms. The number of hydrogen-bond donors (Lipinski definition) is 1. The van der Waals surface area contributed by atoms with Crippen LogP contribution in [-0.2, 0) is 11.3 Å². The van der Waals surface area contributed by atoms with E-state index in [2.05, 4.69) is 26.4 Å². The third-order valence-electron chi connectivity index (χ3n) is 5.46. The second kappa shape index (κ2) is 8.98. The lowest BCUT2D eigenvalue weighted by Crippen LogP contribution is -2.40. The van der Waals surface area contributed by atoms with Crippen LogP contribution in [0.1, 0.15) is 29.9 Å². The minimum atomic E-state index is -0.0644. The lowest BCUT2D eigenvalue weighted by molar-refractivity contribution is -0.121. The Morgan fingerprint density at radius 1 is 1.27 bits per heavy atom. The van der Waals surface area contributed by atoms with E-state index in [1.165, 1.54) is 5.56 Å². The van der Waals surface area contributed by atoms with Gasteiger partial charge in [0, 0.05) is 17.8 Å². The van der Waals surface area contributed by atoms with Crippen molar-refractivity contribution in [3.05, 3.63) is 64.5 Å². The van der Waals surface area contributed by atoms with Gasteiger partial charge < -0.3 is 9.84 Å². The molecule has 0 saturated carbocycles. The van der Waals surface area contributed by atoms with Gasteiger partial charge in [0.25, 0.3) is 0 Å². The maximum atomic E-state index is 12.8. The molecule has 1 fully saturated rings. The van der Waals surface area contributed by atoms with Crippen LogP contribution < -0.4 is 5.32 Å². The molecular weight excluding hydrogens is 400 g/mol. The normalized spacial score (nSPS) is 17.1. The molecule has 7 heteroatoms. The van der Waals surface area contributed by atoms with Crippen LogP contribution in [0.2, 0.25) is 5.02 Å². The van der Waals surface area contributed by atoms with Gasteiger partial charge in [-0.25, -0.2) is 0 Å². The van der Waals surface area contributed by atoms with Crippen molar-refractivity contribution >= 4 is 23.2 Å².